The van der Waals surface area contributed by atoms with Crippen molar-refractivity contribution in [1.82, 2.24) is 0 Å². The maximum absolute atomic E-state index is 12.1. The van der Waals surface area contributed by atoms with Crippen LogP contribution in [0, 0.1) is 3.57 Å². The number of nitrogens with zero attached hydrogens (tertiary/aromatic N) is 1. The Morgan fingerprint density at radius 2 is 1.83 bits per heavy atom. The van der Waals surface area contributed by atoms with Crippen molar-refractivity contribution in [2.45, 2.75) is 0 Å². The molecular formula is C18H14INO4. The molecule has 3 rings (SSSR count). The Labute approximate surface area is 153 Å². The zero-order valence-corrected chi connectivity index (χ0v) is 15.2. The van der Waals surface area contributed by atoms with Gasteiger partial charge in [0.25, 0.3) is 0 Å². The molecule has 0 aromatic heterocycles. The highest BCUT2D eigenvalue weighted by Crippen LogP contribution is 2.29. The van der Waals surface area contributed by atoms with Crippen LogP contribution < -0.4 is 9.47 Å². The molecule has 2 aromatic rings. The lowest BCUT2D eigenvalue weighted by atomic mass is 10.1. The number of methoxy groups -OCH3 is 2. The summed E-state index contributed by atoms with van der Waals surface area (Å²) in [7, 11) is 3.13. The van der Waals surface area contributed by atoms with Gasteiger partial charge in [0.2, 0.25) is 5.90 Å². The van der Waals surface area contributed by atoms with E-state index in [2.05, 4.69) is 27.6 Å². The van der Waals surface area contributed by atoms with Crippen LogP contribution in [0.5, 0.6) is 11.5 Å². The standard InChI is InChI=1S/C18H14INO4/c1-22-15-8-7-11(10-16(15)23-2)9-14-18(21)24-17(20-14)12-5-3-4-6-13(12)19/h3-10H,1-2H3. The molecule has 0 N–H and O–H groups in total. The monoisotopic (exact) mass is 435 g/mol. The Balaban J connectivity index is 1.96. The van der Waals surface area contributed by atoms with Gasteiger partial charge in [-0.05, 0) is 58.5 Å². The number of halogens is 1. The minimum atomic E-state index is -0.473. The summed E-state index contributed by atoms with van der Waals surface area (Å²) < 4.78 is 16.7. The molecule has 0 atom stereocenters. The number of carbonyl (C=O) groups excluding carboxylic acids is 1. The summed E-state index contributed by atoms with van der Waals surface area (Å²) in [6.07, 6.45) is 1.66. The first-order valence-corrected chi connectivity index (χ1v) is 8.19. The lowest BCUT2D eigenvalue weighted by Gasteiger charge is -2.07. The highest BCUT2D eigenvalue weighted by Gasteiger charge is 2.25. The predicted octanol–water partition coefficient (Wildman–Crippen LogP) is 3.65. The summed E-state index contributed by atoms with van der Waals surface area (Å²) in [5, 5.41) is 0. The minimum absolute atomic E-state index is 0.247. The minimum Gasteiger partial charge on any atom is -0.493 e. The zero-order valence-electron chi connectivity index (χ0n) is 13.1. The second kappa shape index (κ2) is 7.04. The average molecular weight is 435 g/mol. The molecule has 1 aliphatic heterocycles. The molecule has 0 aliphatic carbocycles. The molecule has 0 saturated carbocycles. The van der Waals surface area contributed by atoms with Crippen LogP contribution in [0.4, 0.5) is 0 Å². The van der Waals surface area contributed by atoms with E-state index in [1.165, 1.54) is 0 Å². The van der Waals surface area contributed by atoms with Gasteiger partial charge in [-0.25, -0.2) is 9.79 Å². The van der Waals surface area contributed by atoms with Crippen LogP contribution >= 0.6 is 22.6 Å². The molecule has 122 valence electrons. The molecule has 0 fully saturated rings. The number of benzene rings is 2. The van der Waals surface area contributed by atoms with Crippen LogP contribution in [0.3, 0.4) is 0 Å². The van der Waals surface area contributed by atoms with E-state index in [1.54, 1.807) is 32.4 Å². The van der Waals surface area contributed by atoms with Gasteiger partial charge in [-0.15, -0.1) is 0 Å². The number of rotatable bonds is 4. The molecule has 24 heavy (non-hydrogen) atoms. The first-order valence-electron chi connectivity index (χ1n) is 7.12. The van der Waals surface area contributed by atoms with Crippen molar-refractivity contribution in [3.8, 4) is 11.5 Å². The van der Waals surface area contributed by atoms with Crippen LogP contribution in [0.25, 0.3) is 6.08 Å². The van der Waals surface area contributed by atoms with Crippen molar-refractivity contribution in [3.05, 3.63) is 62.9 Å². The molecule has 0 spiro atoms. The van der Waals surface area contributed by atoms with Crippen molar-refractivity contribution < 1.29 is 19.0 Å². The number of esters is 1. The zero-order chi connectivity index (χ0) is 17.1. The summed E-state index contributed by atoms with van der Waals surface area (Å²) in [5.74, 6) is 1.05. The van der Waals surface area contributed by atoms with Crippen molar-refractivity contribution in [3.63, 3.8) is 0 Å². The molecule has 6 heteroatoms. The van der Waals surface area contributed by atoms with Crippen LogP contribution in [-0.2, 0) is 9.53 Å². The van der Waals surface area contributed by atoms with E-state index in [1.807, 2.05) is 30.3 Å². The number of carbonyl (C=O) groups is 1. The Morgan fingerprint density at radius 1 is 1.08 bits per heavy atom. The normalized spacial score (nSPS) is 15.2. The van der Waals surface area contributed by atoms with Gasteiger partial charge < -0.3 is 14.2 Å². The smallest absolute Gasteiger partial charge is 0.363 e. The Hall–Kier alpha value is -2.35. The van der Waals surface area contributed by atoms with Crippen molar-refractivity contribution in [1.29, 1.82) is 0 Å². The number of aliphatic imine (C=N–C) groups is 1. The Bertz CT molecular complexity index is 858. The van der Waals surface area contributed by atoms with Gasteiger partial charge >= 0.3 is 5.97 Å². The molecular weight excluding hydrogens is 421 g/mol. The summed E-state index contributed by atoms with van der Waals surface area (Å²) in [6, 6.07) is 13.0. The van der Waals surface area contributed by atoms with Gasteiger partial charge in [0, 0.05) is 3.57 Å². The number of hydrogen-bond donors (Lipinski definition) is 0. The summed E-state index contributed by atoms with van der Waals surface area (Å²) in [6.45, 7) is 0. The molecule has 0 unspecified atom stereocenters. The summed E-state index contributed by atoms with van der Waals surface area (Å²) >= 11 is 2.18. The fourth-order valence-electron chi connectivity index (χ4n) is 2.26. The highest BCUT2D eigenvalue weighted by atomic mass is 127. The highest BCUT2D eigenvalue weighted by molar-refractivity contribution is 14.1. The third kappa shape index (κ3) is 3.28. The van der Waals surface area contributed by atoms with Crippen LogP contribution in [-0.4, -0.2) is 26.1 Å². The van der Waals surface area contributed by atoms with E-state index in [0.717, 1.165) is 14.7 Å². The van der Waals surface area contributed by atoms with Crippen molar-refractivity contribution >= 4 is 40.5 Å². The predicted molar refractivity (Wildman–Crippen MR) is 99.3 cm³/mol. The van der Waals surface area contributed by atoms with E-state index in [0.29, 0.717) is 17.4 Å². The fraction of sp³-hybridized carbons (Fsp3) is 0.111. The Morgan fingerprint density at radius 3 is 2.54 bits per heavy atom. The summed E-state index contributed by atoms with van der Waals surface area (Å²) in [5.41, 5.74) is 1.81. The second-order valence-corrected chi connectivity index (χ2v) is 6.09. The fourth-order valence-corrected chi connectivity index (χ4v) is 2.88. The molecule has 0 amide bonds. The van der Waals surface area contributed by atoms with Crippen LogP contribution in [0.2, 0.25) is 0 Å². The lowest BCUT2D eigenvalue weighted by Crippen LogP contribution is -2.06. The molecule has 1 aliphatic rings. The number of ether oxygens (including phenoxy) is 3. The van der Waals surface area contributed by atoms with Gasteiger partial charge in [0.05, 0.1) is 19.8 Å². The van der Waals surface area contributed by atoms with Crippen LogP contribution in [0.15, 0.2) is 53.2 Å². The molecule has 0 saturated heterocycles. The van der Waals surface area contributed by atoms with Gasteiger partial charge in [-0.3, -0.25) is 0 Å². The maximum atomic E-state index is 12.1. The van der Waals surface area contributed by atoms with Gasteiger partial charge in [-0.2, -0.15) is 0 Å². The van der Waals surface area contributed by atoms with Gasteiger partial charge in [0.1, 0.15) is 0 Å². The number of hydrogen-bond acceptors (Lipinski definition) is 5. The maximum Gasteiger partial charge on any atom is 0.363 e. The molecule has 0 bridgehead atoms. The second-order valence-electron chi connectivity index (χ2n) is 4.93. The van der Waals surface area contributed by atoms with Crippen LogP contribution in [0.1, 0.15) is 11.1 Å². The molecule has 1 heterocycles. The van der Waals surface area contributed by atoms with Crippen molar-refractivity contribution in [2.24, 2.45) is 4.99 Å². The molecule has 2 aromatic carbocycles. The SMILES string of the molecule is COc1ccc(C=C2N=C(c3ccccc3I)OC2=O)cc1OC. The number of cyclic esters (lactones) is 1. The third-order valence-electron chi connectivity index (χ3n) is 3.44. The van der Waals surface area contributed by atoms with E-state index >= 15 is 0 Å². The quantitative estimate of drug-likeness (QED) is 0.418. The largest absolute Gasteiger partial charge is 0.493 e. The van der Waals surface area contributed by atoms with E-state index < -0.39 is 5.97 Å². The summed E-state index contributed by atoms with van der Waals surface area (Å²) in [4.78, 5) is 16.4. The van der Waals surface area contributed by atoms with E-state index in [-0.39, 0.29) is 5.70 Å². The lowest BCUT2D eigenvalue weighted by molar-refractivity contribution is -0.129. The first-order chi connectivity index (χ1) is 11.6. The van der Waals surface area contributed by atoms with E-state index in [9.17, 15) is 4.79 Å². The Kier molecular flexibility index (Phi) is 4.84. The third-order valence-corrected chi connectivity index (χ3v) is 4.38. The van der Waals surface area contributed by atoms with Gasteiger partial charge in [0.15, 0.2) is 17.2 Å². The molecule has 5 nitrogen and oxygen atoms in total. The first kappa shape index (κ1) is 16.5. The van der Waals surface area contributed by atoms with Gasteiger partial charge in [-0.1, -0.05) is 18.2 Å². The average Bonchev–Trinajstić information content (AvgIpc) is 2.95. The molecule has 0 radical (unpaired) electrons. The van der Waals surface area contributed by atoms with Crippen molar-refractivity contribution in [2.75, 3.05) is 14.2 Å². The topological polar surface area (TPSA) is 57.1 Å². The van der Waals surface area contributed by atoms with E-state index in [4.69, 9.17) is 14.2 Å².